The molecule has 0 unspecified atom stereocenters. The maximum atomic E-state index is 10.6. The van der Waals surface area contributed by atoms with Gasteiger partial charge >= 0.3 is 0 Å². The molecule has 0 bridgehead atoms. The Morgan fingerprint density at radius 1 is 1.40 bits per heavy atom. The van der Waals surface area contributed by atoms with E-state index in [1.54, 1.807) is 6.07 Å². The van der Waals surface area contributed by atoms with Crippen LogP contribution in [0, 0.1) is 0 Å². The van der Waals surface area contributed by atoms with Crippen LogP contribution >= 0.6 is 0 Å². The Labute approximate surface area is 121 Å². The average Bonchev–Trinajstić information content (AvgIpc) is 2.48. The number of nitrogens with zero attached hydrogens (tertiary/aromatic N) is 1. The lowest BCUT2D eigenvalue weighted by molar-refractivity contribution is 0.0304. The van der Waals surface area contributed by atoms with E-state index in [-0.39, 0.29) is 17.3 Å². The lowest BCUT2D eigenvalue weighted by atomic mass is 9.68. The van der Waals surface area contributed by atoms with Crippen LogP contribution in [0.4, 0.5) is 0 Å². The Kier molecular flexibility index (Phi) is 4.84. The van der Waals surface area contributed by atoms with Gasteiger partial charge in [-0.05, 0) is 50.0 Å². The van der Waals surface area contributed by atoms with Crippen LogP contribution in [0.2, 0.25) is 0 Å². The molecule has 2 N–H and O–H groups in total. The van der Waals surface area contributed by atoms with Crippen molar-refractivity contribution in [2.24, 2.45) is 0 Å². The second kappa shape index (κ2) is 6.42. The van der Waals surface area contributed by atoms with Crippen LogP contribution < -0.4 is 0 Å². The summed E-state index contributed by atoms with van der Waals surface area (Å²) in [5.74, 6) is 0.277. The SMILES string of the molecule is C=CCN1CCC(c2cccc(O)c2)([C@@H](O)CC)CC1. The van der Waals surface area contributed by atoms with Gasteiger partial charge in [0.15, 0.2) is 0 Å². The number of hydrogen-bond donors (Lipinski definition) is 2. The van der Waals surface area contributed by atoms with Crippen LogP contribution in [0.1, 0.15) is 31.7 Å². The van der Waals surface area contributed by atoms with Gasteiger partial charge in [-0.1, -0.05) is 25.1 Å². The third-order valence-electron chi connectivity index (χ3n) is 4.58. The zero-order chi connectivity index (χ0) is 14.6. The molecule has 0 radical (unpaired) electrons. The largest absolute Gasteiger partial charge is 0.508 e. The van der Waals surface area contributed by atoms with Crippen molar-refractivity contribution in [1.29, 1.82) is 0 Å². The minimum atomic E-state index is -0.366. The zero-order valence-electron chi connectivity index (χ0n) is 12.3. The topological polar surface area (TPSA) is 43.7 Å². The average molecular weight is 275 g/mol. The van der Waals surface area contributed by atoms with Crippen LogP contribution in [0.5, 0.6) is 5.75 Å². The highest BCUT2D eigenvalue weighted by Gasteiger charge is 2.41. The molecule has 1 aromatic carbocycles. The fraction of sp³-hybridized carbons (Fsp3) is 0.529. The minimum Gasteiger partial charge on any atom is -0.508 e. The molecule has 110 valence electrons. The predicted molar refractivity (Wildman–Crippen MR) is 82.0 cm³/mol. The summed E-state index contributed by atoms with van der Waals surface area (Å²) in [4.78, 5) is 2.36. The van der Waals surface area contributed by atoms with E-state index in [4.69, 9.17) is 0 Å². The van der Waals surface area contributed by atoms with E-state index in [1.807, 2.05) is 31.2 Å². The van der Waals surface area contributed by atoms with Crippen molar-refractivity contribution in [2.75, 3.05) is 19.6 Å². The standard InChI is InChI=1S/C17H25NO2/c1-3-10-18-11-8-17(9-12-18,16(20)4-2)14-6-5-7-15(19)13-14/h3,5-7,13,16,19-20H,1,4,8-12H2,2H3/t16-/m0/s1. The number of rotatable bonds is 5. The normalized spacial score (nSPS) is 20.5. The van der Waals surface area contributed by atoms with E-state index in [0.717, 1.165) is 44.5 Å². The summed E-state index contributed by atoms with van der Waals surface area (Å²) in [5.41, 5.74) is 0.829. The second-order valence-electron chi connectivity index (χ2n) is 5.72. The summed E-state index contributed by atoms with van der Waals surface area (Å²) in [6.07, 6.45) is 4.13. The highest BCUT2D eigenvalue weighted by Crippen LogP contribution is 2.40. The van der Waals surface area contributed by atoms with Crippen LogP contribution in [0.25, 0.3) is 0 Å². The van der Waals surface area contributed by atoms with Gasteiger partial charge in [-0.3, -0.25) is 4.90 Å². The van der Waals surface area contributed by atoms with Gasteiger partial charge in [-0.2, -0.15) is 0 Å². The maximum absolute atomic E-state index is 10.6. The quantitative estimate of drug-likeness (QED) is 0.812. The molecule has 1 aromatic rings. The molecule has 1 atom stereocenters. The first kappa shape index (κ1) is 15.1. The highest BCUT2D eigenvalue weighted by molar-refractivity contribution is 5.34. The molecular formula is C17H25NO2. The summed E-state index contributed by atoms with van der Waals surface area (Å²) in [5, 5.41) is 20.3. The Morgan fingerprint density at radius 2 is 2.10 bits per heavy atom. The van der Waals surface area contributed by atoms with Crippen molar-refractivity contribution in [1.82, 2.24) is 4.90 Å². The number of benzene rings is 1. The second-order valence-corrected chi connectivity index (χ2v) is 5.72. The number of hydrogen-bond acceptors (Lipinski definition) is 3. The molecule has 1 saturated heterocycles. The van der Waals surface area contributed by atoms with Crippen molar-refractivity contribution in [3.05, 3.63) is 42.5 Å². The Hall–Kier alpha value is -1.32. The lowest BCUT2D eigenvalue weighted by Crippen LogP contribution is -2.49. The molecule has 0 spiro atoms. The Balaban J connectivity index is 2.27. The van der Waals surface area contributed by atoms with Gasteiger partial charge in [0.1, 0.15) is 5.75 Å². The highest BCUT2D eigenvalue weighted by atomic mass is 16.3. The van der Waals surface area contributed by atoms with Crippen molar-refractivity contribution in [3.8, 4) is 5.75 Å². The number of phenols is 1. The van der Waals surface area contributed by atoms with Crippen LogP contribution in [0.15, 0.2) is 36.9 Å². The number of phenolic OH excluding ortho intramolecular Hbond substituents is 1. The van der Waals surface area contributed by atoms with Gasteiger partial charge < -0.3 is 10.2 Å². The van der Waals surface area contributed by atoms with Crippen LogP contribution in [-0.2, 0) is 5.41 Å². The van der Waals surface area contributed by atoms with Crippen molar-refractivity contribution < 1.29 is 10.2 Å². The van der Waals surface area contributed by atoms with Crippen molar-refractivity contribution in [2.45, 2.75) is 37.7 Å². The third kappa shape index (κ3) is 2.89. The molecule has 0 saturated carbocycles. The fourth-order valence-corrected chi connectivity index (χ4v) is 3.34. The molecular weight excluding hydrogens is 250 g/mol. The molecule has 0 amide bonds. The molecule has 3 heteroatoms. The molecule has 1 aliphatic rings. The van der Waals surface area contributed by atoms with Gasteiger partial charge in [0, 0.05) is 12.0 Å². The van der Waals surface area contributed by atoms with E-state index < -0.39 is 0 Å². The molecule has 2 rings (SSSR count). The molecule has 1 heterocycles. The van der Waals surface area contributed by atoms with Crippen molar-refractivity contribution >= 4 is 0 Å². The molecule has 3 nitrogen and oxygen atoms in total. The van der Waals surface area contributed by atoms with E-state index >= 15 is 0 Å². The first-order valence-corrected chi connectivity index (χ1v) is 7.43. The number of likely N-dealkylation sites (tertiary alicyclic amines) is 1. The van der Waals surface area contributed by atoms with Gasteiger partial charge in [0.2, 0.25) is 0 Å². The Morgan fingerprint density at radius 3 is 2.65 bits per heavy atom. The summed E-state index contributed by atoms with van der Waals surface area (Å²) < 4.78 is 0. The third-order valence-corrected chi connectivity index (χ3v) is 4.58. The van der Waals surface area contributed by atoms with Crippen LogP contribution in [0.3, 0.4) is 0 Å². The first-order chi connectivity index (χ1) is 9.62. The molecule has 20 heavy (non-hydrogen) atoms. The summed E-state index contributed by atoms with van der Waals surface area (Å²) in [7, 11) is 0. The predicted octanol–water partition coefficient (Wildman–Crippen LogP) is 2.68. The lowest BCUT2D eigenvalue weighted by Gasteiger charge is -2.45. The zero-order valence-corrected chi connectivity index (χ0v) is 12.3. The summed E-state index contributed by atoms with van der Waals surface area (Å²) in [6.45, 7) is 8.62. The van der Waals surface area contributed by atoms with Gasteiger partial charge in [-0.25, -0.2) is 0 Å². The van der Waals surface area contributed by atoms with Gasteiger partial charge in [-0.15, -0.1) is 6.58 Å². The van der Waals surface area contributed by atoms with Crippen LogP contribution in [-0.4, -0.2) is 40.9 Å². The van der Waals surface area contributed by atoms with E-state index in [1.165, 1.54) is 0 Å². The van der Waals surface area contributed by atoms with Gasteiger partial charge in [0.05, 0.1) is 6.10 Å². The number of aliphatic hydroxyl groups is 1. The summed E-state index contributed by atoms with van der Waals surface area (Å²) >= 11 is 0. The van der Waals surface area contributed by atoms with E-state index in [0.29, 0.717) is 0 Å². The van der Waals surface area contributed by atoms with E-state index in [2.05, 4.69) is 11.5 Å². The maximum Gasteiger partial charge on any atom is 0.115 e. The molecule has 1 fully saturated rings. The number of piperidine rings is 1. The van der Waals surface area contributed by atoms with E-state index in [9.17, 15) is 10.2 Å². The smallest absolute Gasteiger partial charge is 0.115 e. The summed E-state index contributed by atoms with van der Waals surface area (Å²) in [6, 6.07) is 7.39. The monoisotopic (exact) mass is 275 g/mol. The number of aromatic hydroxyl groups is 1. The first-order valence-electron chi connectivity index (χ1n) is 7.43. The van der Waals surface area contributed by atoms with Crippen molar-refractivity contribution in [3.63, 3.8) is 0 Å². The Bertz CT molecular complexity index is 450. The molecule has 0 aliphatic carbocycles. The number of aliphatic hydroxyl groups excluding tert-OH is 1. The molecule has 0 aromatic heterocycles. The van der Waals surface area contributed by atoms with Gasteiger partial charge in [0.25, 0.3) is 0 Å². The fourth-order valence-electron chi connectivity index (χ4n) is 3.34. The molecule has 1 aliphatic heterocycles. The minimum absolute atomic E-state index is 0.231.